The minimum absolute atomic E-state index is 0.0655. The molecule has 0 atom stereocenters. The van der Waals surface area contributed by atoms with E-state index in [1.54, 1.807) is 0 Å². The van der Waals surface area contributed by atoms with Crippen LogP contribution in [-0.4, -0.2) is 33.8 Å². The number of aromatic amines is 1. The Morgan fingerprint density at radius 3 is 2.41 bits per heavy atom. The van der Waals surface area contributed by atoms with E-state index in [0.29, 0.717) is 34.5 Å². The quantitative estimate of drug-likeness (QED) is 0.722. The number of pyridine rings is 1. The number of Topliss-reactive ketones (excluding diaryl/α,β-unsaturated/α-hetero) is 1. The summed E-state index contributed by atoms with van der Waals surface area (Å²) < 4.78 is 0. The molecule has 6 heteroatoms. The molecule has 1 N–H and O–H groups in total. The van der Waals surface area contributed by atoms with E-state index in [1.165, 1.54) is 6.42 Å². The first kappa shape index (κ1) is 18.0. The highest BCUT2D eigenvalue weighted by atomic mass is 16.1. The zero-order valence-corrected chi connectivity index (χ0v) is 16.6. The van der Waals surface area contributed by atoms with Crippen molar-refractivity contribution >= 4 is 22.8 Å². The summed E-state index contributed by atoms with van der Waals surface area (Å²) in [6.07, 6.45) is 5.43. The molecule has 1 aliphatic carbocycles. The second kappa shape index (κ2) is 7.10. The van der Waals surface area contributed by atoms with Crippen molar-refractivity contribution in [3.8, 4) is 11.1 Å². The molecule has 1 aromatic carbocycles. The predicted molar refractivity (Wildman–Crippen MR) is 114 cm³/mol. The Hall–Kier alpha value is -3.02. The molecule has 2 aliphatic rings. The molecule has 0 spiro atoms. The normalized spacial score (nSPS) is 16.9. The molecule has 5 rings (SSSR count). The monoisotopic (exact) mass is 388 g/mol. The van der Waals surface area contributed by atoms with Gasteiger partial charge >= 0.3 is 0 Å². The van der Waals surface area contributed by atoms with Crippen LogP contribution in [0.25, 0.3) is 22.2 Å². The van der Waals surface area contributed by atoms with Crippen LogP contribution in [0.1, 0.15) is 53.7 Å². The first-order valence-electron chi connectivity index (χ1n) is 10.4. The fraction of sp³-hybridized carbons (Fsp3) is 0.391. The van der Waals surface area contributed by atoms with Gasteiger partial charge in [0.15, 0.2) is 11.4 Å². The highest BCUT2D eigenvalue weighted by Crippen LogP contribution is 2.35. The van der Waals surface area contributed by atoms with E-state index in [2.05, 4.69) is 9.88 Å². The van der Waals surface area contributed by atoms with Crippen LogP contribution in [-0.2, 0) is 6.42 Å². The summed E-state index contributed by atoms with van der Waals surface area (Å²) >= 11 is 0. The van der Waals surface area contributed by atoms with Crippen molar-refractivity contribution in [1.29, 1.82) is 0 Å². The molecule has 2 aromatic heterocycles. The third-order valence-corrected chi connectivity index (χ3v) is 6.01. The lowest BCUT2D eigenvalue weighted by molar-refractivity contribution is 0.0972. The minimum atomic E-state index is -0.222. The van der Waals surface area contributed by atoms with Gasteiger partial charge in [0.25, 0.3) is 5.56 Å². The summed E-state index contributed by atoms with van der Waals surface area (Å²) in [6, 6.07) is 7.96. The minimum Gasteiger partial charge on any atom is -0.342 e. The Bertz CT molecular complexity index is 1160. The van der Waals surface area contributed by atoms with Crippen LogP contribution < -0.4 is 10.5 Å². The van der Waals surface area contributed by atoms with E-state index in [1.807, 2.05) is 31.2 Å². The Balaban J connectivity index is 1.80. The summed E-state index contributed by atoms with van der Waals surface area (Å²) in [6.45, 7) is 3.81. The van der Waals surface area contributed by atoms with Gasteiger partial charge in [0, 0.05) is 30.6 Å². The number of carbonyl (C=O) groups is 1. The average molecular weight is 388 g/mol. The van der Waals surface area contributed by atoms with Gasteiger partial charge in [0.05, 0.1) is 11.1 Å². The zero-order chi connectivity index (χ0) is 20.0. The third kappa shape index (κ3) is 3.12. The largest absolute Gasteiger partial charge is 0.342 e. The summed E-state index contributed by atoms with van der Waals surface area (Å²) in [4.78, 5) is 40.6. The van der Waals surface area contributed by atoms with Gasteiger partial charge in [-0.2, -0.15) is 4.98 Å². The number of hydrogen-bond acceptors (Lipinski definition) is 5. The average Bonchev–Trinajstić information content (AvgIpc) is 2.74. The van der Waals surface area contributed by atoms with Gasteiger partial charge in [-0.25, -0.2) is 4.98 Å². The standard InChI is InChI=1S/C23H24N4O2/c1-14-8-10-15(11-9-14)18-19-16(6-5-7-17(19)28)24-21-20(18)22(29)26-23(25-21)27-12-3-2-4-13-27/h8-11H,2-7,12-13H2,1H3,(H,24,25,26,29). The highest BCUT2D eigenvalue weighted by Gasteiger charge is 2.27. The number of nitrogens with zero attached hydrogens (tertiary/aromatic N) is 3. The number of carbonyl (C=O) groups excluding carboxylic acids is 1. The number of aromatic nitrogens is 3. The molecule has 1 fully saturated rings. The number of aryl methyl sites for hydroxylation is 2. The molecule has 29 heavy (non-hydrogen) atoms. The number of H-pyrrole nitrogens is 1. The second-order valence-electron chi connectivity index (χ2n) is 8.09. The van der Waals surface area contributed by atoms with E-state index in [4.69, 9.17) is 9.97 Å². The van der Waals surface area contributed by atoms with Crippen LogP contribution >= 0.6 is 0 Å². The van der Waals surface area contributed by atoms with Crippen LogP contribution in [0.3, 0.4) is 0 Å². The van der Waals surface area contributed by atoms with Gasteiger partial charge in [0.2, 0.25) is 5.95 Å². The highest BCUT2D eigenvalue weighted by molar-refractivity contribution is 6.10. The van der Waals surface area contributed by atoms with Crippen molar-refractivity contribution in [2.75, 3.05) is 18.0 Å². The zero-order valence-electron chi connectivity index (χ0n) is 16.6. The van der Waals surface area contributed by atoms with Gasteiger partial charge in [-0.15, -0.1) is 0 Å². The Morgan fingerprint density at radius 1 is 0.897 bits per heavy atom. The topological polar surface area (TPSA) is 79.0 Å². The van der Waals surface area contributed by atoms with Crippen molar-refractivity contribution in [2.45, 2.75) is 45.4 Å². The number of hydrogen-bond donors (Lipinski definition) is 1. The maximum atomic E-state index is 13.2. The van der Waals surface area contributed by atoms with Crippen LogP contribution in [0.5, 0.6) is 0 Å². The summed E-state index contributed by atoms with van der Waals surface area (Å²) in [5.41, 5.74) is 4.28. The SMILES string of the molecule is Cc1ccc(-c2c3c(nc4nc(N5CCCCC5)[nH]c(=O)c24)CCCC3=O)cc1. The molecule has 6 nitrogen and oxygen atoms in total. The van der Waals surface area contributed by atoms with E-state index < -0.39 is 0 Å². The molecule has 0 amide bonds. The van der Waals surface area contributed by atoms with E-state index in [0.717, 1.165) is 55.6 Å². The second-order valence-corrected chi connectivity index (χ2v) is 8.09. The van der Waals surface area contributed by atoms with Crippen molar-refractivity contribution in [3.63, 3.8) is 0 Å². The molecule has 148 valence electrons. The Kier molecular flexibility index (Phi) is 4.42. The molecule has 1 aliphatic heterocycles. The molecule has 0 bridgehead atoms. The molecule has 0 saturated carbocycles. The van der Waals surface area contributed by atoms with E-state index in [-0.39, 0.29) is 11.3 Å². The number of fused-ring (bicyclic) bond motifs is 2. The maximum Gasteiger partial charge on any atom is 0.262 e. The fourth-order valence-electron chi connectivity index (χ4n) is 4.50. The van der Waals surface area contributed by atoms with Crippen LogP contribution in [0.2, 0.25) is 0 Å². The Morgan fingerprint density at radius 2 is 1.66 bits per heavy atom. The number of rotatable bonds is 2. The summed E-state index contributed by atoms with van der Waals surface area (Å²) in [5, 5.41) is 0.420. The van der Waals surface area contributed by atoms with Gasteiger partial charge in [-0.05, 0) is 44.6 Å². The van der Waals surface area contributed by atoms with E-state index >= 15 is 0 Å². The van der Waals surface area contributed by atoms with Crippen molar-refractivity contribution < 1.29 is 4.79 Å². The van der Waals surface area contributed by atoms with Crippen LogP contribution in [0.4, 0.5) is 5.95 Å². The predicted octanol–water partition coefficient (Wildman–Crippen LogP) is 3.80. The lowest BCUT2D eigenvalue weighted by Crippen LogP contribution is -2.32. The molecule has 0 unspecified atom stereocenters. The molecular weight excluding hydrogens is 364 g/mol. The van der Waals surface area contributed by atoms with Crippen molar-refractivity contribution in [1.82, 2.24) is 15.0 Å². The maximum absolute atomic E-state index is 13.2. The van der Waals surface area contributed by atoms with Crippen LogP contribution in [0, 0.1) is 6.92 Å². The number of benzene rings is 1. The first-order chi connectivity index (χ1) is 14.1. The van der Waals surface area contributed by atoms with Gasteiger partial charge in [-0.1, -0.05) is 29.8 Å². The number of anilines is 1. The molecule has 3 aromatic rings. The summed E-state index contributed by atoms with van der Waals surface area (Å²) in [5.74, 6) is 0.655. The van der Waals surface area contributed by atoms with Crippen LogP contribution in [0.15, 0.2) is 29.1 Å². The Labute approximate surface area is 169 Å². The third-order valence-electron chi connectivity index (χ3n) is 6.01. The van der Waals surface area contributed by atoms with Gasteiger partial charge in [-0.3, -0.25) is 14.6 Å². The number of nitrogens with one attached hydrogen (secondary N) is 1. The molecule has 0 radical (unpaired) electrons. The van der Waals surface area contributed by atoms with Gasteiger partial charge < -0.3 is 4.90 Å². The van der Waals surface area contributed by atoms with E-state index in [9.17, 15) is 9.59 Å². The number of piperidine rings is 1. The molecule has 3 heterocycles. The van der Waals surface area contributed by atoms with Crippen molar-refractivity contribution in [3.05, 3.63) is 51.4 Å². The van der Waals surface area contributed by atoms with Gasteiger partial charge in [0.1, 0.15) is 0 Å². The number of ketones is 1. The van der Waals surface area contributed by atoms with Crippen molar-refractivity contribution in [2.24, 2.45) is 0 Å². The first-order valence-corrected chi connectivity index (χ1v) is 10.4. The molecule has 1 saturated heterocycles. The summed E-state index contributed by atoms with van der Waals surface area (Å²) in [7, 11) is 0. The lowest BCUT2D eigenvalue weighted by Gasteiger charge is -2.27. The fourth-order valence-corrected chi connectivity index (χ4v) is 4.50. The molecular formula is C23H24N4O2. The lowest BCUT2D eigenvalue weighted by atomic mass is 9.86. The smallest absolute Gasteiger partial charge is 0.262 e.